The summed E-state index contributed by atoms with van der Waals surface area (Å²) in [5.41, 5.74) is -0.728. The molecule has 1 aromatic rings. The van der Waals surface area contributed by atoms with Crippen molar-refractivity contribution in [3.05, 3.63) is 20.3 Å². The van der Waals surface area contributed by atoms with Gasteiger partial charge in [0.25, 0.3) is 0 Å². The first kappa shape index (κ1) is 11.0. The van der Waals surface area contributed by atoms with Gasteiger partial charge < -0.3 is 5.11 Å². The summed E-state index contributed by atoms with van der Waals surface area (Å²) in [4.78, 5) is 0.298. The summed E-state index contributed by atoms with van der Waals surface area (Å²) in [7, 11) is 0. The van der Waals surface area contributed by atoms with Crippen molar-refractivity contribution in [2.45, 2.75) is 19.2 Å². The summed E-state index contributed by atoms with van der Waals surface area (Å²) in [5.74, 6) is 0. The highest BCUT2D eigenvalue weighted by molar-refractivity contribution is 9.10. The molecule has 0 saturated carbocycles. The molecule has 1 heterocycles. The monoisotopic (exact) mass is 274 g/mol. The van der Waals surface area contributed by atoms with Crippen LogP contribution in [-0.2, 0) is 6.18 Å². The Morgan fingerprint density at radius 1 is 1.54 bits per heavy atom. The number of aliphatic hydroxyl groups is 1. The largest absolute Gasteiger partial charge is 0.418 e. The third-order valence-electron chi connectivity index (χ3n) is 1.44. The van der Waals surface area contributed by atoms with Crippen molar-refractivity contribution in [3.63, 3.8) is 0 Å². The van der Waals surface area contributed by atoms with Crippen LogP contribution in [0.4, 0.5) is 13.2 Å². The lowest BCUT2D eigenvalue weighted by Gasteiger charge is -2.05. The number of hydrogen-bond donors (Lipinski definition) is 1. The molecule has 1 N–H and O–H groups in total. The van der Waals surface area contributed by atoms with Gasteiger partial charge in [-0.1, -0.05) is 0 Å². The van der Waals surface area contributed by atoms with Crippen molar-refractivity contribution in [1.29, 1.82) is 0 Å². The van der Waals surface area contributed by atoms with Gasteiger partial charge in [-0.25, -0.2) is 0 Å². The highest BCUT2D eigenvalue weighted by atomic mass is 79.9. The molecule has 0 spiro atoms. The maximum absolute atomic E-state index is 12.2. The third-order valence-corrected chi connectivity index (χ3v) is 3.71. The summed E-state index contributed by atoms with van der Waals surface area (Å²) in [6.07, 6.45) is -5.24. The van der Waals surface area contributed by atoms with E-state index in [-0.39, 0.29) is 4.47 Å². The van der Waals surface area contributed by atoms with E-state index in [0.717, 1.165) is 16.7 Å². The Kier molecular flexibility index (Phi) is 3.04. The zero-order valence-electron chi connectivity index (χ0n) is 6.52. The van der Waals surface area contributed by atoms with Gasteiger partial charge >= 0.3 is 6.18 Å². The zero-order valence-corrected chi connectivity index (χ0v) is 8.92. The Bertz CT molecular complexity index is 305. The molecule has 0 unspecified atom stereocenters. The highest BCUT2D eigenvalue weighted by Gasteiger charge is 2.35. The van der Waals surface area contributed by atoms with E-state index in [0.29, 0.717) is 4.88 Å². The number of halogens is 4. The molecule has 1 rings (SSSR count). The number of aliphatic hydroxyl groups excluding tert-OH is 1. The summed E-state index contributed by atoms with van der Waals surface area (Å²) < 4.78 is 36.6. The van der Waals surface area contributed by atoms with Crippen LogP contribution in [0.5, 0.6) is 0 Å². The normalized spacial score (nSPS) is 14.6. The van der Waals surface area contributed by atoms with E-state index in [1.165, 1.54) is 6.92 Å². The van der Waals surface area contributed by atoms with Gasteiger partial charge in [-0.05, 0) is 22.9 Å². The zero-order chi connectivity index (χ0) is 10.2. The van der Waals surface area contributed by atoms with Gasteiger partial charge in [-0.15, -0.1) is 11.3 Å². The number of alkyl halides is 3. The predicted octanol–water partition coefficient (Wildman–Crippen LogP) is 3.58. The Balaban J connectivity index is 3.14. The van der Waals surface area contributed by atoms with Crippen LogP contribution in [0.1, 0.15) is 23.5 Å². The van der Waals surface area contributed by atoms with Crippen molar-refractivity contribution in [3.8, 4) is 0 Å². The fourth-order valence-electron chi connectivity index (χ4n) is 0.832. The molecule has 0 bridgehead atoms. The average molecular weight is 275 g/mol. The lowest BCUT2D eigenvalue weighted by molar-refractivity contribution is -0.137. The SMILES string of the molecule is C[C@@H](O)c1scc(C(F)(F)F)c1Br. The molecule has 0 aromatic carbocycles. The molecule has 0 aliphatic rings. The molecule has 13 heavy (non-hydrogen) atoms. The maximum atomic E-state index is 12.2. The number of rotatable bonds is 1. The standard InChI is InChI=1S/C7H6BrF3OS/c1-3(12)6-5(8)4(2-13-6)7(9,10)11/h2-3,12H,1H3/t3-/m1/s1. The van der Waals surface area contributed by atoms with E-state index in [4.69, 9.17) is 5.11 Å². The van der Waals surface area contributed by atoms with Crippen molar-refractivity contribution < 1.29 is 18.3 Å². The first-order valence-corrected chi connectivity index (χ1v) is 5.03. The molecule has 74 valence electrons. The van der Waals surface area contributed by atoms with Crippen LogP contribution in [-0.4, -0.2) is 5.11 Å². The minimum absolute atomic E-state index is 0.0556. The first-order chi connectivity index (χ1) is 5.84. The van der Waals surface area contributed by atoms with Crippen LogP contribution in [0, 0.1) is 0 Å². The second-order valence-electron chi connectivity index (χ2n) is 2.50. The highest BCUT2D eigenvalue weighted by Crippen LogP contribution is 2.41. The summed E-state index contributed by atoms with van der Waals surface area (Å²) in [6.45, 7) is 1.43. The molecule has 0 amide bonds. The summed E-state index contributed by atoms with van der Waals surface area (Å²) in [6, 6.07) is 0. The van der Waals surface area contributed by atoms with Crippen LogP contribution in [0.25, 0.3) is 0 Å². The second kappa shape index (κ2) is 3.59. The van der Waals surface area contributed by atoms with Crippen LogP contribution in [0.3, 0.4) is 0 Å². The molecular weight excluding hydrogens is 269 g/mol. The smallest absolute Gasteiger partial charge is 0.388 e. The lowest BCUT2D eigenvalue weighted by Crippen LogP contribution is -2.04. The van der Waals surface area contributed by atoms with Gasteiger partial charge in [-0.3, -0.25) is 0 Å². The van der Waals surface area contributed by atoms with Gasteiger partial charge in [0, 0.05) is 14.7 Å². The molecule has 6 heteroatoms. The Morgan fingerprint density at radius 3 is 2.31 bits per heavy atom. The van der Waals surface area contributed by atoms with E-state index in [1.54, 1.807) is 0 Å². The molecule has 0 radical (unpaired) electrons. The summed E-state index contributed by atoms with van der Waals surface area (Å²) >= 11 is 3.71. The first-order valence-electron chi connectivity index (χ1n) is 3.36. The molecular formula is C7H6BrF3OS. The van der Waals surface area contributed by atoms with Crippen molar-refractivity contribution >= 4 is 27.3 Å². The molecule has 0 saturated heterocycles. The Morgan fingerprint density at radius 2 is 2.08 bits per heavy atom. The number of hydrogen-bond acceptors (Lipinski definition) is 2. The fourth-order valence-corrected chi connectivity index (χ4v) is 2.84. The van der Waals surface area contributed by atoms with E-state index in [1.807, 2.05) is 0 Å². The third kappa shape index (κ3) is 2.24. The fraction of sp³-hybridized carbons (Fsp3) is 0.429. The van der Waals surface area contributed by atoms with Gasteiger partial charge in [0.1, 0.15) is 0 Å². The van der Waals surface area contributed by atoms with Gasteiger partial charge in [0.15, 0.2) is 0 Å². The molecule has 0 fully saturated rings. The molecule has 0 aliphatic heterocycles. The van der Waals surface area contributed by atoms with E-state index < -0.39 is 17.8 Å². The van der Waals surface area contributed by atoms with Crippen LogP contribution in [0.2, 0.25) is 0 Å². The second-order valence-corrected chi connectivity index (χ2v) is 4.21. The average Bonchev–Trinajstić information content (AvgIpc) is 2.28. The van der Waals surface area contributed by atoms with Crippen molar-refractivity contribution in [2.24, 2.45) is 0 Å². The van der Waals surface area contributed by atoms with Gasteiger partial charge in [0.05, 0.1) is 11.7 Å². The van der Waals surface area contributed by atoms with Gasteiger partial charge in [0.2, 0.25) is 0 Å². The van der Waals surface area contributed by atoms with E-state index in [9.17, 15) is 13.2 Å². The maximum Gasteiger partial charge on any atom is 0.418 e. The van der Waals surface area contributed by atoms with Gasteiger partial charge in [-0.2, -0.15) is 13.2 Å². The minimum atomic E-state index is -4.36. The number of thiophene rings is 1. The van der Waals surface area contributed by atoms with Crippen molar-refractivity contribution in [2.75, 3.05) is 0 Å². The van der Waals surface area contributed by atoms with Crippen LogP contribution >= 0.6 is 27.3 Å². The summed E-state index contributed by atoms with van der Waals surface area (Å²) in [5, 5.41) is 10.1. The van der Waals surface area contributed by atoms with Crippen LogP contribution in [0.15, 0.2) is 9.85 Å². The molecule has 1 atom stereocenters. The topological polar surface area (TPSA) is 20.2 Å². The predicted molar refractivity (Wildman–Crippen MR) is 47.7 cm³/mol. The molecule has 0 aliphatic carbocycles. The molecule has 1 nitrogen and oxygen atoms in total. The minimum Gasteiger partial charge on any atom is -0.388 e. The van der Waals surface area contributed by atoms with E-state index >= 15 is 0 Å². The Labute approximate surface area is 85.3 Å². The molecule has 1 aromatic heterocycles. The Hall–Kier alpha value is -0.0700. The van der Waals surface area contributed by atoms with Crippen LogP contribution < -0.4 is 0 Å². The lowest BCUT2D eigenvalue weighted by atomic mass is 10.2. The van der Waals surface area contributed by atoms with Crippen molar-refractivity contribution in [1.82, 2.24) is 0 Å². The van der Waals surface area contributed by atoms with E-state index in [2.05, 4.69) is 15.9 Å². The quantitative estimate of drug-likeness (QED) is 0.830.